The summed E-state index contributed by atoms with van der Waals surface area (Å²) < 4.78 is 26.2. The predicted molar refractivity (Wildman–Crippen MR) is 174 cm³/mol. The van der Waals surface area contributed by atoms with Gasteiger partial charge in [-0.05, 0) is 45.2 Å². The summed E-state index contributed by atoms with van der Waals surface area (Å²) in [4.78, 5) is 37.7. The summed E-state index contributed by atoms with van der Waals surface area (Å²) in [5.41, 5.74) is 3.00. The van der Waals surface area contributed by atoms with Crippen molar-refractivity contribution in [2.45, 2.75) is 76.6 Å². The first-order valence-corrected chi connectivity index (χ1v) is 17.0. The van der Waals surface area contributed by atoms with Gasteiger partial charge in [0.2, 0.25) is 22.1 Å². The van der Waals surface area contributed by atoms with E-state index in [1.807, 2.05) is 22.8 Å². The van der Waals surface area contributed by atoms with Crippen molar-refractivity contribution in [2.75, 3.05) is 41.7 Å². The Hall–Kier alpha value is -3.92. The average molecular weight is 671 g/mol. The monoisotopic (exact) mass is 670 g/mol. The van der Waals surface area contributed by atoms with Gasteiger partial charge >= 0.3 is 0 Å². The van der Waals surface area contributed by atoms with Crippen LogP contribution in [0, 0.1) is 0 Å². The van der Waals surface area contributed by atoms with Crippen LogP contribution >= 0.6 is 22.7 Å². The van der Waals surface area contributed by atoms with Gasteiger partial charge in [-0.1, -0.05) is 29.1 Å². The number of allylic oxidation sites excluding steroid dienone is 1. The molecule has 0 aromatic carbocycles. The molecule has 6 rings (SSSR count). The maximum atomic E-state index is 13.1. The average Bonchev–Trinajstić information content (AvgIpc) is 3.67. The summed E-state index contributed by atoms with van der Waals surface area (Å²) in [6.45, 7) is 5.19. The van der Waals surface area contributed by atoms with E-state index in [2.05, 4.69) is 41.0 Å². The van der Waals surface area contributed by atoms with E-state index in [0.29, 0.717) is 47.8 Å². The second-order valence-corrected chi connectivity index (χ2v) is 14.1. The Morgan fingerprint density at radius 3 is 2.15 bits per heavy atom. The minimum Gasteiger partial charge on any atom is -0.368 e. The summed E-state index contributed by atoms with van der Waals surface area (Å²) >= 11 is 2.77. The lowest BCUT2D eigenvalue weighted by molar-refractivity contribution is -0.116. The molecule has 1 aliphatic carbocycles. The van der Waals surface area contributed by atoms with Gasteiger partial charge in [0.1, 0.15) is 22.4 Å². The van der Waals surface area contributed by atoms with E-state index in [0.717, 1.165) is 47.1 Å². The molecule has 0 unspecified atom stereocenters. The molecule has 244 valence electrons. The molecule has 16 heteroatoms. The molecular formula is C30H36F2N10O2S2. The number of hydrogen-bond donors (Lipinski definition) is 2. The standard InChI is InChI=1S/C30H36F2N10O2S2/c1-17(33-11-18(2)41-13-21(31)14-41)8-25(43)35-29-39-37-27(45-29)19-4-3-5-20(9-19)28-38-40-30(46-28)36-26(44)10-23-6-7-24(12-34-23)42-15-22(32)16-42/h6-7,11-12,19-22H,3-5,8-10,13-16H2,1-2H3,(H,35,39,43)(H,36,40,44)/b18-11+,33-17?/t19-,20-/m0/s1. The Kier molecular flexibility index (Phi) is 9.92. The lowest BCUT2D eigenvalue weighted by Crippen LogP contribution is -2.48. The topological polar surface area (TPSA) is 141 Å². The molecule has 2 saturated heterocycles. The van der Waals surface area contributed by atoms with Crippen molar-refractivity contribution in [3.05, 3.63) is 45.9 Å². The summed E-state index contributed by atoms with van der Waals surface area (Å²) in [7, 11) is 0. The van der Waals surface area contributed by atoms with Crippen molar-refractivity contribution >= 4 is 56.2 Å². The summed E-state index contributed by atoms with van der Waals surface area (Å²) in [6, 6.07) is 3.64. The first kappa shape index (κ1) is 32.0. The van der Waals surface area contributed by atoms with Gasteiger partial charge in [0, 0.05) is 35.1 Å². The smallest absolute Gasteiger partial charge is 0.232 e. The number of carbonyl (C=O) groups is 2. The Bertz CT molecular complexity index is 1600. The van der Waals surface area contributed by atoms with Crippen LogP contribution < -0.4 is 15.5 Å². The molecule has 3 aromatic heterocycles. The van der Waals surface area contributed by atoms with Crippen molar-refractivity contribution in [3.63, 3.8) is 0 Å². The highest BCUT2D eigenvalue weighted by molar-refractivity contribution is 7.15. The van der Waals surface area contributed by atoms with E-state index in [4.69, 9.17) is 0 Å². The number of alkyl halides is 2. The number of halogens is 2. The van der Waals surface area contributed by atoms with E-state index in [1.165, 1.54) is 22.7 Å². The Labute approximate surface area is 273 Å². The fourth-order valence-corrected chi connectivity index (χ4v) is 7.46. The molecule has 12 nitrogen and oxygen atoms in total. The third-order valence-electron chi connectivity index (χ3n) is 8.32. The molecule has 0 spiro atoms. The quantitative estimate of drug-likeness (QED) is 0.273. The highest BCUT2D eigenvalue weighted by Crippen LogP contribution is 2.43. The van der Waals surface area contributed by atoms with Gasteiger partial charge in [0.05, 0.1) is 50.9 Å². The number of nitrogens with one attached hydrogen (secondary N) is 2. The maximum Gasteiger partial charge on any atom is 0.232 e. The zero-order valence-electron chi connectivity index (χ0n) is 25.7. The predicted octanol–water partition coefficient (Wildman–Crippen LogP) is 4.87. The van der Waals surface area contributed by atoms with Crippen molar-refractivity contribution in [3.8, 4) is 0 Å². The van der Waals surface area contributed by atoms with E-state index in [1.54, 1.807) is 25.4 Å². The molecule has 3 aromatic rings. The number of pyridine rings is 1. The van der Waals surface area contributed by atoms with Gasteiger partial charge in [0.25, 0.3) is 0 Å². The van der Waals surface area contributed by atoms with Crippen LogP contribution in [0.4, 0.5) is 24.7 Å². The molecule has 3 fully saturated rings. The second kappa shape index (κ2) is 14.2. The van der Waals surface area contributed by atoms with Crippen LogP contribution in [0.3, 0.4) is 0 Å². The van der Waals surface area contributed by atoms with Crippen LogP contribution in [0.2, 0.25) is 0 Å². The minimum atomic E-state index is -0.789. The Morgan fingerprint density at radius 1 is 0.935 bits per heavy atom. The van der Waals surface area contributed by atoms with Crippen molar-refractivity contribution in [1.29, 1.82) is 0 Å². The number of aliphatic imine (C=N–C) groups is 1. The van der Waals surface area contributed by atoms with Crippen molar-refractivity contribution in [1.82, 2.24) is 30.3 Å². The summed E-state index contributed by atoms with van der Waals surface area (Å²) in [5, 5.41) is 25.5. The van der Waals surface area contributed by atoms with Crippen molar-refractivity contribution in [2.24, 2.45) is 4.99 Å². The van der Waals surface area contributed by atoms with E-state index < -0.39 is 12.3 Å². The zero-order valence-corrected chi connectivity index (χ0v) is 27.3. The molecule has 0 radical (unpaired) electrons. The minimum absolute atomic E-state index is 0.103. The van der Waals surface area contributed by atoms with Crippen molar-refractivity contribution < 1.29 is 18.4 Å². The summed E-state index contributed by atoms with van der Waals surface area (Å²) in [5.74, 6) is -0.0715. The maximum absolute atomic E-state index is 13.1. The molecule has 46 heavy (non-hydrogen) atoms. The van der Waals surface area contributed by atoms with Gasteiger partial charge in [0.15, 0.2) is 0 Å². The summed E-state index contributed by atoms with van der Waals surface area (Å²) in [6.07, 6.45) is 5.76. The van der Waals surface area contributed by atoms with Gasteiger partial charge < -0.3 is 20.4 Å². The lowest BCUT2D eigenvalue weighted by Gasteiger charge is -2.36. The van der Waals surface area contributed by atoms with Crippen LogP contribution in [0.15, 0.2) is 35.2 Å². The number of carbonyl (C=O) groups excluding carboxylic acids is 2. The van der Waals surface area contributed by atoms with Gasteiger partial charge in [-0.2, -0.15) is 0 Å². The molecule has 2 amide bonds. The molecule has 2 atom stereocenters. The van der Waals surface area contributed by atoms with Crippen LogP contribution in [-0.4, -0.2) is 86.3 Å². The Morgan fingerprint density at radius 2 is 1.57 bits per heavy atom. The molecule has 0 bridgehead atoms. The SMILES string of the molecule is CC(CC(=O)Nc1nnc([C@H]2CCC[C@H](c3nnc(NC(=O)Cc4ccc(N5CC(F)C5)cn4)s3)C2)s1)=N/C=C(\C)N1CC(F)C1. The normalized spacial score (nSPS) is 21.1. The van der Waals surface area contributed by atoms with E-state index in [9.17, 15) is 18.4 Å². The molecule has 5 heterocycles. The molecule has 1 saturated carbocycles. The van der Waals surface area contributed by atoms with Gasteiger partial charge in [-0.15, -0.1) is 20.4 Å². The largest absolute Gasteiger partial charge is 0.368 e. The third kappa shape index (κ3) is 8.07. The number of aromatic nitrogens is 5. The fourth-order valence-electron chi connectivity index (χ4n) is 5.65. The number of nitrogens with zero attached hydrogens (tertiary/aromatic N) is 8. The highest BCUT2D eigenvalue weighted by atomic mass is 32.1. The number of rotatable bonds is 11. The highest BCUT2D eigenvalue weighted by Gasteiger charge is 2.30. The third-order valence-corrected chi connectivity index (χ3v) is 10.3. The number of anilines is 3. The lowest BCUT2D eigenvalue weighted by atomic mass is 9.82. The van der Waals surface area contributed by atoms with E-state index >= 15 is 0 Å². The molecule has 2 aliphatic heterocycles. The van der Waals surface area contributed by atoms with Gasteiger partial charge in [-0.25, -0.2) is 8.78 Å². The van der Waals surface area contributed by atoms with Crippen LogP contribution in [0.1, 0.15) is 73.5 Å². The number of hydrogen-bond acceptors (Lipinski definition) is 12. The first-order chi connectivity index (χ1) is 22.2. The number of amides is 2. The fraction of sp³-hybridized carbons (Fsp3) is 0.533. The van der Waals surface area contributed by atoms with Crippen LogP contribution in [-0.2, 0) is 16.0 Å². The molecular weight excluding hydrogens is 635 g/mol. The van der Waals surface area contributed by atoms with Crippen LogP contribution in [0.25, 0.3) is 0 Å². The van der Waals surface area contributed by atoms with Gasteiger partial charge in [-0.3, -0.25) is 19.6 Å². The molecule has 2 N–H and O–H groups in total. The van der Waals surface area contributed by atoms with E-state index in [-0.39, 0.29) is 36.5 Å². The van der Waals surface area contributed by atoms with Crippen LogP contribution in [0.5, 0.6) is 0 Å². The molecule has 3 aliphatic rings. The number of likely N-dealkylation sites (tertiary alicyclic amines) is 1. The Balaban J connectivity index is 0.966. The zero-order chi connectivity index (χ0) is 32.2. The second-order valence-electron chi connectivity index (χ2n) is 12.0. The first-order valence-electron chi connectivity index (χ1n) is 15.4.